The van der Waals surface area contributed by atoms with Gasteiger partial charge in [0, 0.05) is 5.69 Å². The van der Waals surface area contributed by atoms with Crippen LogP contribution in [0.2, 0.25) is 0 Å². The number of carboxylic acids is 1. The van der Waals surface area contributed by atoms with E-state index < -0.39 is 11.8 Å². The fourth-order valence-electron chi connectivity index (χ4n) is 3.88. The summed E-state index contributed by atoms with van der Waals surface area (Å²) in [5, 5.41) is 9.18. The van der Waals surface area contributed by atoms with E-state index in [0.717, 1.165) is 12.0 Å². The number of benzene rings is 3. The lowest BCUT2D eigenvalue weighted by Gasteiger charge is -2.21. The topological polar surface area (TPSA) is 57.6 Å². The first-order valence-corrected chi connectivity index (χ1v) is 11.0. The van der Waals surface area contributed by atoms with Crippen LogP contribution in [0.25, 0.3) is 0 Å². The van der Waals surface area contributed by atoms with Gasteiger partial charge in [-0.05, 0) is 77.4 Å². The molecule has 1 amide bonds. The van der Waals surface area contributed by atoms with Gasteiger partial charge in [-0.1, -0.05) is 44.5 Å². The second-order valence-electron chi connectivity index (χ2n) is 8.15. The molecule has 3 aromatic carbocycles. The van der Waals surface area contributed by atoms with Gasteiger partial charge in [0.1, 0.15) is 11.6 Å². The van der Waals surface area contributed by atoms with Crippen molar-refractivity contribution in [3.05, 3.63) is 101 Å². The average molecular weight is 452 g/mol. The van der Waals surface area contributed by atoms with Gasteiger partial charge in [-0.3, -0.25) is 4.79 Å². The minimum atomic E-state index is -1.04. The molecule has 6 heteroatoms. The lowest BCUT2D eigenvalue weighted by molar-refractivity contribution is -0.107. The highest BCUT2D eigenvalue weighted by atomic mass is 19.1. The molecule has 2 atom stereocenters. The van der Waals surface area contributed by atoms with Gasteiger partial charge >= 0.3 is 5.97 Å². The van der Waals surface area contributed by atoms with Crippen molar-refractivity contribution in [3.63, 3.8) is 0 Å². The molecule has 4 nitrogen and oxygen atoms in total. The van der Waals surface area contributed by atoms with Gasteiger partial charge in [-0.25, -0.2) is 13.6 Å². The number of halogens is 2. The number of carbonyl (C=O) groups excluding carboxylic acids is 1. The Hall–Kier alpha value is -3.54. The molecule has 3 aromatic rings. The van der Waals surface area contributed by atoms with E-state index in [1.54, 1.807) is 30.3 Å². The van der Waals surface area contributed by atoms with E-state index in [-0.39, 0.29) is 29.8 Å². The van der Waals surface area contributed by atoms with Crippen LogP contribution >= 0.6 is 0 Å². The molecular formula is C27H27F2NO3. The lowest BCUT2D eigenvalue weighted by Crippen LogP contribution is -2.22. The van der Waals surface area contributed by atoms with Crippen molar-refractivity contribution >= 4 is 18.1 Å². The van der Waals surface area contributed by atoms with Crippen molar-refractivity contribution in [2.45, 2.75) is 45.1 Å². The average Bonchev–Trinajstić information content (AvgIpc) is 3.60. The van der Waals surface area contributed by atoms with Crippen LogP contribution in [0.4, 0.5) is 14.5 Å². The van der Waals surface area contributed by atoms with Crippen LogP contribution < -0.4 is 4.90 Å². The SMILES string of the molecule is CCC.O=CN(Cc1cccc(C(=O)O)c1)c1ccc(F)cc1C1CC1c1ccc(F)cc1. The Kier molecular flexibility index (Phi) is 7.93. The summed E-state index contributed by atoms with van der Waals surface area (Å²) < 4.78 is 27.2. The lowest BCUT2D eigenvalue weighted by atomic mass is 10.0. The third kappa shape index (κ3) is 6.04. The highest BCUT2D eigenvalue weighted by molar-refractivity contribution is 5.88. The molecule has 172 valence electrons. The highest BCUT2D eigenvalue weighted by Crippen LogP contribution is 2.56. The Balaban J connectivity index is 0.000000968. The first-order chi connectivity index (χ1) is 15.9. The Bertz CT molecular complexity index is 1110. The van der Waals surface area contributed by atoms with Crippen molar-refractivity contribution < 1.29 is 23.5 Å². The molecule has 1 N–H and O–H groups in total. The summed E-state index contributed by atoms with van der Waals surface area (Å²) in [6, 6.07) is 16.9. The maximum atomic E-state index is 14.0. The van der Waals surface area contributed by atoms with Crippen LogP contribution in [0.1, 0.15) is 65.6 Å². The minimum Gasteiger partial charge on any atom is -0.478 e. The van der Waals surface area contributed by atoms with Crippen LogP contribution in [0.5, 0.6) is 0 Å². The van der Waals surface area contributed by atoms with Gasteiger partial charge in [0.2, 0.25) is 6.41 Å². The molecule has 0 heterocycles. The summed E-state index contributed by atoms with van der Waals surface area (Å²) in [5.74, 6) is -1.59. The molecular weight excluding hydrogens is 424 g/mol. The Morgan fingerprint density at radius 2 is 1.67 bits per heavy atom. The molecule has 0 bridgehead atoms. The second-order valence-corrected chi connectivity index (χ2v) is 8.15. The number of hydrogen-bond acceptors (Lipinski definition) is 2. The summed E-state index contributed by atoms with van der Waals surface area (Å²) in [5.41, 5.74) is 3.07. The van der Waals surface area contributed by atoms with Crippen molar-refractivity contribution in [1.29, 1.82) is 0 Å². The molecule has 0 radical (unpaired) electrons. The predicted octanol–water partition coefficient (Wildman–Crippen LogP) is 6.51. The zero-order chi connectivity index (χ0) is 24.0. The van der Waals surface area contributed by atoms with Crippen LogP contribution in [0.15, 0.2) is 66.7 Å². The van der Waals surface area contributed by atoms with Gasteiger partial charge in [0.05, 0.1) is 12.1 Å². The first kappa shape index (κ1) is 24.1. The smallest absolute Gasteiger partial charge is 0.335 e. The summed E-state index contributed by atoms with van der Waals surface area (Å²) in [6.45, 7) is 4.41. The quantitative estimate of drug-likeness (QED) is 0.417. The van der Waals surface area contributed by atoms with Crippen molar-refractivity contribution in [3.8, 4) is 0 Å². The summed E-state index contributed by atoms with van der Waals surface area (Å²) in [6.07, 6.45) is 2.70. The fourth-order valence-corrected chi connectivity index (χ4v) is 3.88. The van der Waals surface area contributed by atoms with Gasteiger partial charge in [-0.2, -0.15) is 0 Å². The zero-order valence-corrected chi connectivity index (χ0v) is 18.7. The number of nitrogens with zero attached hydrogens (tertiary/aromatic N) is 1. The fraction of sp³-hybridized carbons (Fsp3) is 0.259. The maximum Gasteiger partial charge on any atom is 0.335 e. The summed E-state index contributed by atoms with van der Waals surface area (Å²) >= 11 is 0. The van der Waals surface area contributed by atoms with Crippen molar-refractivity contribution in [1.82, 2.24) is 0 Å². The first-order valence-electron chi connectivity index (χ1n) is 11.0. The number of anilines is 1. The van der Waals surface area contributed by atoms with Crippen LogP contribution in [0, 0.1) is 11.6 Å². The molecule has 0 saturated heterocycles. The molecule has 0 aliphatic heterocycles. The molecule has 1 fully saturated rings. The highest BCUT2D eigenvalue weighted by Gasteiger charge is 2.41. The Labute approximate surface area is 192 Å². The minimum absolute atomic E-state index is 0.0222. The van der Waals surface area contributed by atoms with Gasteiger partial charge < -0.3 is 10.0 Å². The zero-order valence-electron chi connectivity index (χ0n) is 18.7. The number of hydrogen-bond donors (Lipinski definition) is 1. The maximum absolute atomic E-state index is 14.0. The number of carboxylic acid groups (broad SMARTS) is 1. The largest absolute Gasteiger partial charge is 0.478 e. The number of rotatable bonds is 7. The molecule has 33 heavy (non-hydrogen) atoms. The standard InChI is InChI=1S/C24H19F2NO3.C3H8/c25-18-6-4-16(5-7-18)20-12-21(20)22-11-19(26)8-9-23(22)27(14-28)13-15-2-1-3-17(10-15)24(29)30;1-3-2/h1-11,14,20-21H,12-13H2,(H,29,30);3H2,1-2H3. The van der Waals surface area contributed by atoms with Crippen LogP contribution in [0.3, 0.4) is 0 Å². The van der Waals surface area contributed by atoms with E-state index >= 15 is 0 Å². The number of aromatic carboxylic acids is 1. The van der Waals surface area contributed by atoms with Gasteiger partial charge in [0.25, 0.3) is 0 Å². The van der Waals surface area contributed by atoms with E-state index in [2.05, 4.69) is 13.8 Å². The molecule has 1 aliphatic carbocycles. The van der Waals surface area contributed by atoms with E-state index in [9.17, 15) is 23.5 Å². The summed E-state index contributed by atoms with van der Waals surface area (Å²) in [4.78, 5) is 24.5. The Morgan fingerprint density at radius 3 is 2.30 bits per heavy atom. The van der Waals surface area contributed by atoms with Crippen molar-refractivity contribution in [2.24, 2.45) is 0 Å². The second kappa shape index (κ2) is 10.9. The predicted molar refractivity (Wildman–Crippen MR) is 125 cm³/mol. The molecule has 1 saturated carbocycles. The van der Waals surface area contributed by atoms with Crippen LogP contribution in [-0.4, -0.2) is 17.5 Å². The summed E-state index contributed by atoms with van der Waals surface area (Å²) in [7, 11) is 0. The third-order valence-electron chi connectivity index (χ3n) is 5.44. The van der Waals surface area contributed by atoms with E-state index in [1.807, 2.05) is 0 Å². The molecule has 4 rings (SSSR count). The molecule has 0 spiro atoms. The van der Waals surface area contributed by atoms with E-state index in [1.165, 1.54) is 47.7 Å². The molecule has 0 aromatic heterocycles. The molecule has 1 aliphatic rings. The molecule has 2 unspecified atom stereocenters. The normalized spacial score (nSPS) is 16.4. The monoisotopic (exact) mass is 451 g/mol. The number of carbonyl (C=O) groups is 2. The van der Waals surface area contributed by atoms with E-state index in [0.29, 0.717) is 23.2 Å². The van der Waals surface area contributed by atoms with Crippen LogP contribution in [-0.2, 0) is 11.3 Å². The Morgan fingerprint density at radius 1 is 1.00 bits per heavy atom. The number of amides is 1. The third-order valence-corrected chi connectivity index (χ3v) is 5.44. The van der Waals surface area contributed by atoms with Crippen molar-refractivity contribution in [2.75, 3.05) is 4.90 Å². The van der Waals surface area contributed by atoms with Gasteiger partial charge in [0.15, 0.2) is 0 Å². The van der Waals surface area contributed by atoms with Gasteiger partial charge in [-0.15, -0.1) is 0 Å². The van der Waals surface area contributed by atoms with E-state index in [4.69, 9.17) is 0 Å².